The van der Waals surface area contributed by atoms with E-state index in [4.69, 9.17) is 10.5 Å². The van der Waals surface area contributed by atoms with Crippen LogP contribution in [0.5, 0.6) is 5.88 Å². The van der Waals surface area contributed by atoms with Gasteiger partial charge >= 0.3 is 0 Å². The fourth-order valence-corrected chi connectivity index (χ4v) is 2.27. The minimum absolute atomic E-state index is 0.0567. The molecule has 0 atom stereocenters. The van der Waals surface area contributed by atoms with Crippen molar-refractivity contribution in [3.8, 4) is 29.1 Å². The fraction of sp³-hybridized carbons (Fsp3) is 0.235. The second-order valence-electron chi connectivity index (χ2n) is 5.13. The summed E-state index contributed by atoms with van der Waals surface area (Å²) in [5.74, 6) is 0.584. The van der Waals surface area contributed by atoms with Gasteiger partial charge in [0.1, 0.15) is 29.1 Å². The number of nitriles is 2. The van der Waals surface area contributed by atoms with Crippen LogP contribution in [0.15, 0.2) is 24.3 Å². The quantitative estimate of drug-likeness (QED) is 0.937. The summed E-state index contributed by atoms with van der Waals surface area (Å²) in [4.78, 5) is 3.98. The predicted molar refractivity (Wildman–Crippen MR) is 84.2 cm³/mol. The second-order valence-corrected chi connectivity index (χ2v) is 5.13. The summed E-state index contributed by atoms with van der Waals surface area (Å²) in [5.41, 5.74) is 8.61. The lowest BCUT2D eigenvalue weighted by atomic mass is 9.94. The van der Waals surface area contributed by atoms with E-state index >= 15 is 0 Å². The molecular weight excluding hydrogens is 276 g/mol. The molecule has 0 saturated carbocycles. The van der Waals surface area contributed by atoms with E-state index in [2.05, 4.69) is 24.9 Å². The van der Waals surface area contributed by atoms with Crippen LogP contribution in [0.1, 0.15) is 36.5 Å². The third kappa shape index (κ3) is 2.57. The first-order chi connectivity index (χ1) is 10.5. The molecule has 2 rings (SSSR count). The summed E-state index contributed by atoms with van der Waals surface area (Å²) in [6.07, 6.45) is 0. The van der Waals surface area contributed by atoms with Gasteiger partial charge in [0.25, 0.3) is 0 Å². The molecule has 1 aromatic carbocycles. The third-order valence-corrected chi connectivity index (χ3v) is 3.47. The van der Waals surface area contributed by atoms with Crippen molar-refractivity contribution < 1.29 is 4.74 Å². The molecule has 0 aliphatic carbocycles. The molecule has 0 saturated heterocycles. The number of pyridine rings is 1. The van der Waals surface area contributed by atoms with Gasteiger partial charge in [-0.15, -0.1) is 0 Å². The van der Waals surface area contributed by atoms with Crippen LogP contribution in [0, 0.1) is 22.7 Å². The number of hydrogen-bond acceptors (Lipinski definition) is 5. The summed E-state index contributed by atoms with van der Waals surface area (Å²) in [6.45, 7) is 4.20. The number of aromatic nitrogens is 1. The van der Waals surface area contributed by atoms with Gasteiger partial charge in [-0.1, -0.05) is 38.1 Å². The smallest absolute Gasteiger partial charge is 0.234 e. The summed E-state index contributed by atoms with van der Waals surface area (Å²) < 4.78 is 5.12. The minimum atomic E-state index is 0.0567. The van der Waals surface area contributed by atoms with Gasteiger partial charge < -0.3 is 10.5 Å². The maximum Gasteiger partial charge on any atom is 0.234 e. The van der Waals surface area contributed by atoms with Crippen molar-refractivity contribution >= 4 is 5.82 Å². The Morgan fingerprint density at radius 2 is 1.68 bits per heavy atom. The number of rotatable bonds is 3. The first kappa shape index (κ1) is 15.3. The zero-order valence-electron chi connectivity index (χ0n) is 12.7. The molecular formula is C17H16N4O. The predicted octanol–water partition coefficient (Wildman–Crippen LogP) is 3.21. The molecule has 0 radical (unpaired) electrons. The monoisotopic (exact) mass is 292 g/mol. The van der Waals surface area contributed by atoms with Gasteiger partial charge in [0.05, 0.1) is 7.11 Å². The van der Waals surface area contributed by atoms with Gasteiger partial charge in [0, 0.05) is 5.56 Å². The Hall–Kier alpha value is -3.05. The SMILES string of the molecule is COc1nc(N)c(C#N)c(-c2ccc(C(C)C)cc2)c1C#N. The average Bonchev–Trinajstić information content (AvgIpc) is 2.53. The van der Waals surface area contributed by atoms with Crippen molar-refractivity contribution in [2.24, 2.45) is 0 Å². The van der Waals surface area contributed by atoms with Crippen LogP contribution in [0.2, 0.25) is 0 Å². The molecule has 0 bridgehead atoms. The van der Waals surface area contributed by atoms with E-state index in [9.17, 15) is 10.5 Å². The molecule has 5 heteroatoms. The van der Waals surface area contributed by atoms with E-state index in [-0.39, 0.29) is 22.8 Å². The van der Waals surface area contributed by atoms with E-state index < -0.39 is 0 Å². The van der Waals surface area contributed by atoms with Crippen molar-refractivity contribution in [1.82, 2.24) is 4.98 Å². The summed E-state index contributed by atoms with van der Waals surface area (Å²) >= 11 is 0. The molecule has 0 aliphatic heterocycles. The Morgan fingerprint density at radius 1 is 1.09 bits per heavy atom. The normalized spacial score (nSPS) is 10.1. The Kier molecular flexibility index (Phi) is 4.29. The molecule has 110 valence electrons. The van der Waals surface area contributed by atoms with Gasteiger partial charge in [-0.05, 0) is 17.0 Å². The molecule has 0 amide bonds. The van der Waals surface area contributed by atoms with Crippen molar-refractivity contribution in [3.63, 3.8) is 0 Å². The lowest BCUT2D eigenvalue weighted by molar-refractivity contribution is 0.397. The number of nitrogens with zero attached hydrogens (tertiary/aromatic N) is 3. The number of nitrogens with two attached hydrogens (primary N) is 1. The standard InChI is InChI=1S/C17H16N4O/c1-10(2)11-4-6-12(7-5-11)15-13(8-18)16(20)21-17(22-3)14(15)9-19/h4-7,10H,1-3H3,(H2,20,21). The maximum absolute atomic E-state index is 9.43. The van der Waals surface area contributed by atoms with E-state index in [1.165, 1.54) is 12.7 Å². The van der Waals surface area contributed by atoms with Crippen LogP contribution in [0.4, 0.5) is 5.82 Å². The lowest BCUT2D eigenvalue weighted by Gasteiger charge is -2.13. The molecule has 1 heterocycles. The molecule has 22 heavy (non-hydrogen) atoms. The van der Waals surface area contributed by atoms with Crippen LogP contribution in [-0.4, -0.2) is 12.1 Å². The van der Waals surface area contributed by atoms with Crippen molar-refractivity contribution in [2.75, 3.05) is 12.8 Å². The van der Waals surface area contributed by atoms with Crippen molar-refractivity contribution in [1.29, 1.82) is 10.5 Å². The van der Waals surface area contributed by atoms with Gasteiger partial charge in [0.2, 0.25) is 5.88 Å². The lowest BCUT2D eigenvalue weighted by Crippen LogP contribution is -2.04. The highest BCUT2D eigenvalue weighted by atomic mass is 16.5. The molecule has 0 fully saturated rings. The highest BCUT2D eigenvalue weighted by molar-refractivity contribution is 5.82. The summed E-state index contributed by atoms with van der Waals surface area (Å²) in [6, 6.07) is 11.8. The Labute approximate surface area is 129 Å². The maximum atomic E-state index is 9.43. The van der Waals surface area contributed by atoms with Gasteiger partial charge in [0.15, 0.2) is 0 Å². The largest absolute Gasteiger partial charge is 0.480 e. The summed E-state index contributed by atoms with van der Waals surface area (Å²) in [7, 11) is 1.42. The number of anilines is 1. The first-order valence-electron chi connectivity index (χ1n) is 6.81. The Morgan fingerprint density at radius 3 is 2.14 bits per heavy atom. The van der Waals surface area contributed by atoms with Crippen LogP contribution in [0.25, 0.3) is 11.1 Å². The molecule has 2 aromatic rings. The topological polar surface area (TPSA) is 95.7 Å². The third-order valence-electron chi connectivity index (χ3n) is 3.47. The molecule has 0 unspecified atom stereocenters. The molecule has 2 N–H and O–H groups in total. The highest BCUT2D eigenvalue weighted by Crippen LogP contribution is 2.35. The highest BCUT2D eigenvalue weighted by Gasteiger charge is 2.20. The van der Waals surface area contributed by atoms with Crippen LogP contribution in [0.3, 0.4) is 0 Å². The second kappa shape index (κ2) is 6.15. The number of hydrogen-bond donors (Lipinski definition) is 1. The number of benzene rings is 1. The number of methoxy groups -OCH3 is 1. The molecule has 5 nitrogen and oxygen atoms in total. The van der Waals surface area contributed by atoms with Gasteiger partial charge in [-0.3, -0.25) is 0 Å². The zero-order valence-corrected chi connectivity index (χ0v) is 12.7. The summed E-state index contributed by atoms with van der Waals surface area (Å²) in [5, 5.41) is 18.8. The van der Waals surface area contributed by atoms with Crippen molar-refractivity contribution in [2.45, 2.75) is 19.8 Å². The fourth-order valence-electron chi connectivity index (χ4n) is 2.27. The van der Waals surface area contributed by atoms with E-state index in [0.29, 0.717) is 11.5 Å². The molecule has 0 aliphatic rings. The molecule has 1 aromatic heterocycles. The van der Waals surface area contributed by atoms with Crippen LogP contribution < -0.4 is 10.5 Å². The molecule has 0 spiro atoms. The van der Waals surface area contributed by atoms with Crippen molar-refractivity contribution in [3.05, 3.63) is 41.0 Å². The van der Waals surface area contributed by atoms with Crippen LogP contribution in [-0.2, 0) is 0 Å². The van der Waals surface area contributed by atoms with Crippen LogP contribution >= 0.6 is 0 Å². The Balaban J connectivity index is 2.75. The van der Waals surface area contributed by atoms with E-state index in [0.717, 1.165) is 5.56 Å². The zero-order chi connectivity index (χ0) is 16.3. The average molecular weight is 292 g/mol. The number of ether oxygens (including phenoxy) is 1. The van der Waals surface area contributed by atoms with Gasteiger partial charge in [-0.2, -0.15) is 15.5 Å². The number of nitrogen functional groups attached to an aromatic ring is 1. The minimum Gasteiger partial charge on any atom is -0.480 e. The van der Waals surface area contributed by atoms with Gasteiger partial charge in [-0.25, -0.2) is 0 Å². The first-order valence-corrected chi connectivity index (χ1v) is 6.81. The van der Waals surface area contributed by atoms with E-state index in [1.54, 1.807) is 0 Å². The van der Waals surface area contributed by atoms with E-state index in [1.807, 2.05) is 30.3 Å². The Bertz CT molecular complexity index is 780.